The van der Waals surface area contributed by atoms with Crippen LogP contribution in [0.3, 0.4) is 0 Å². The first-order chi connectivity index (χ1) is 18.6. The van der Waals surface area contributed by atoms with Crippen molar-refractivity contribution in [1.29, 1.82) is 0 Å². The Hall–Kier alpha value is -3.33. The minimum atomic E-state index is -0.242. The van der Waals surface area contributed by atoms with Crippen molar-refractivity contribution in [3.05, 3.63) is 88.7 Å². The van der Waals surface area contributed by atoms with Crippen LogP contribution >= 0.6 is 11.6 Å². The molecule has 0 radical (unpaired) electrons. The fraction of sp³-hybridized carbons (Fsp3) is 0.379. The number of rotatable bonds is 6. The number of carbonyl (C=O) groups is 2. The molecule has 8 nitrogen and oxygen atoms in total. The fourth-order valence-electron chi connectivity index (χ4n) is 5.87. The van der Waals surface area contributed by atoms with Crippen LogP contribution in [0.5, 0.6) is 0 Å². The summed E-state index contributed by atoms with van der Waals surface area (Å²) in [7, 11) is 0. The summed E-state index contributed by atoms with van der Waals surface area (Å²) in [5, 5.41) is 0.724. The van der Waals surface area contributed by atoms with E-state index in [1.54, 1.807) is 36.7 Å². The summed E-state index contributed by atoms with van der Waals surface area (Å²) in [5.41, 5.74) is 2.16. The summed E-state index contributed by atoms with van der Waals surface area (Å²) >= 11 is 6.12. The molecule has 0 bridgehead atoms. The molecule has 3 aliphatic heterocycles. The normalized spacial score (nSPS) is 22.7. The molecule has 2 aromatic carbocycles. The second-order valence-corrected chi connectivity index (χ2v) is 10.6. The highest BCUT2D eigenvalue weighted by atomic mass is 35.5. The number of morpholine rings is 1. The highest BCUT2D eigenvalue weighted by Gasteiger charge is 2.40. The molecule has 0 aliphatic carbocycles. The first kappa shape index (κ1) is 25.0. The smallest absolute Gasteiger partial charge is 0.261 e. The van der Waals surface area contributed by atoms with Gasteiger partial charge in [0, 0.05) is 49.1 Å². The molecule has 2 amide bonds. The monoisotopic (exact) mass is 531 g/mol. The van der Waals surface area contributed by atoms with Crippen LogP contribution in [0.25, 0.3) is 0 Å². The first-order valence-electron chi connectivity index (χ1n) is 13.2. The van der Waals surface area contributed by atoms with E-state index in [1.165, 1.54) is 10.5 Å². The van der Waals surface area contributed by atoms with E-state index in [1.807, 2.05) is 18.2 Å². The van der Waals surface area contributed by atoms with E-state index in [0.717, 1.165) is 43.3 Å². The zero-order valence-corrected chi connectivity index (χ0v) is 21.8. The highest BCUT2D eigenvalue weighted by molar-refractivity contribution is 6.30. The van der Waals surface area contributed by atoms with Crippen LogP contribution in [0.1, 0.15) is 39.1 Å². The Morgan fingerprint density at radius 2 is 1.55 bits per heavy atom. The van der Waals surface area contributed by atoms with Crippen molar-refractivity contribution in [2.75, 3.05) is 37.7 Å². The number of imide groups is 1. The van der Waals surface area contributed by atoms with Crippen LogP contribution in [0.4, 0.5) is 5.95 Å². The molecule has 2 saturated heterocycles. The summed E-state index contributed by atoms with van der Waals surface area (Å²) in [6.07, 6.45) is 6.13. The number of fused-ring (bicyclic) bond motifs is 1. The number of anilines is 1. The molecular formula is C29H30ClN5O3. The van der Waals surface area contributed by atoms with E-state index >= 15 is 0 Å². The van der Waals surface area contributed by atoms with Crippen molar-refractivity contribution in [1.82, 2.24) is 19.8 Å². The molecule has 0 N–H and O–H groups in total. The lowest BCUT2D eigenvalue weighted by molar-refractivity contribution is -0.0864. The van der Waals surface area contributed by atoms with Gasteiger partial charge >= 0.3 is 0 Å². The lowest BCUT2D eigenvalue weighted by Gasteiger charge is -2.47. The summed E-state index contributed by atoms with van der Waals surface area (Å²) in [5.74, 6) is 0.301. The maximum atomic E-state index is 13.0. The van der Waals surface area contributed by atoms with Gasteiger partial charge in [0.15, 0.2) is 0 Å². The molecule has 0 spiro atoms. The predicted octanol–water partition coefficient (Wildman–Crippen LogP) is 3.71. The van der Waals surface area contributed by atoms with Crippen molar-refractivity contribution < 1.29 is 14.3 Å². The number of amides is 2. The maximum absolute atomic E-state index is 13.0. The van der Waals surface area contributed by atoms with Gasteiger partial charge < -0.3 is 9.64 Å². The van der Waals surface area contributed by atoms with Crippen LogP contribution in [-0.4, -0.2) is 82.6 Å². The Morgan fingerprint density at radius 3 is 2.21 bits per heavy atom. The second kappa shape index (κ2) is 10.8. The Morgan fingerprint density at radius 1 is 0.895 bits per heavy atom. The topological polar surface area (TPSA) is 78.9 Å². The van der Waals surface area contributed by atoms with Gasteiger partial charge in [-0.2, -0.15) is 0 Å². The molecule has 2 atom stereocenters. The largest absolute Gasteiger partial charge is 0.373 e. The van der Waals surface area contributed by atoms with E-state index in [9.17, 15) is 9.59 Å². The summed E-state index contributed by atoms with van der Waals surface area (Å²) < 4.78 is 6.31. The number of nitrogens with zero attached hydrogens (tertiary/aromatic N) is 5. The number of ether oxygens (including phenoxy) is 1. The van der Waals surface area contributed by atoms with Crippen molar-refractivity contribution in [3.63, 3.8) is 0 Å². The van der Waals surface area contributed by atoms with E-state index in [4.69, 9.17) is 16.3 Å². The predicted molar refractivity (Wildman–Crippen MR) is 144 cm³/mol. The number of hydrogen-bond donors (Lipinski definition) is 0. The highest BCUT2D eigenvalue weighted by Crippen LogP contribution is 2.28. The standard InChI is InChI=1S/C29H30ClN5O3/c30-21-8-6-20(7-9-21)16-23-19-38-24(18-35-27(36)25-4-1-2-5-26(25)28(35)37)17-34(23)22-10-14-33(15-11-22)29-31-12-3-13-32-29/h1-9,12-13,22-24H,10-11,14-19H2/t23?,24-/m1/s1. The molecule has 196 valence electrons. The molecular weight excluding hydrogens is 502 g/mol. The zero-order chi connectivity index (χ0) is 26.1. The molecule has 3 aromatic rings. The van der Waals surface area contributed by atoms with Gasteiger partial charge in [-0.1, -0.05) is 35.9 Å². The van der Waals surface area contributed by atoms with Gasteiger partial charge in [0.1, 0.15) is 0 Å². The molecule has 0 saturated carbocycles. The SMILES string of the molecule is O=C1c2ccccc2C(=O)N1C[C@H]1CN(C2CCN(c3ncccn3)CC2)C(Cc2ccc(Cl)cc2)CO1. The van der Waals surface area contributed by atoms with Crippen LogP contribution < -0.4 is 4.90 Å². The maximum Gasteiger partial charge on any atom is 0.261 e. The Bertz CT molecular complexity index is 1260. The molecule has 3 aliphatic rings. The molecule has 4 heterocycles. The molecule has 2 fully saturated rings. The molecule has 6 rings (SSSR count). The van der Waals surface area contributed by atoms with E-state index in [2.05, 4.69) is 31.9 Å². The molecule has 1 unspecified atom stereocenters. The summed E-state index contributed by atoms with van der Waals surface area (Å²) in [6.45, 7) is 3.22. The fourth-order valence-corrected chi connectivity index (χ4v) is 5.99. The van der Waals surface area contributed by atoms with Crippen molar-refractivity contribution in [2.24, 2.45) is 0 Å². The lowest BCUT2D eigenvalue weighted by Crippen LogP contribution is -2.59. The van der Waals surface area contributed by atoms with Crippen LogP contribution in [0, 0.1) is 0 Å². The molecule has 38 heavy (non-hydrogen) atoms. The van der Waals surface area contributed by atoms with Crippen molar-refractivity contribution in [2.45, 2.75) is 37.5 Å². The van der Waals surface area contributed by atoms with E-state index in [-0.39, 0.29) is 30.5 Å². The van der Waals surface area contributed by atoms with Gasteiger partial charge in [-0.3, -0.25) is 19.4 Å². The van der Waals surface area contributed by atoms with Crippen LogP contribution in [0.15, 0.2) is 67.0 Å². The second-order valence-electron chi connectivity index (χ2n) is 10.2. The number of hydrogen-bond acceptors (Lipinski definition) is 7. The Balaban J connectivity index is 1.17. The average Bonchev–Trinajstić information content (AvgIpc) is 3.20. The van der Waals surface area contributed by atoms with Gasteiger partial charge in [0.25, 0.3) is 11.8 Å². The quantitative estimate of drug-likeness (QED) is 0.449. The lowest BCUT2D eigenvalue weighted by atomic mass is 9.96. The third-order valence-corrected chi connectivity index (χ3v) is 8.08. The van der Waals surface area contributed by atoms with E-state index < -0.39 is 0 Å². The van der Waals surface area contributed by atoms with Crippen molar-refractivity contribution >= 4 is 29.4 Å². The summed E-state index contributed by atoms with van der Waals surface area (Å²) in [6, 6.07) is 17.4. The van der Waals surface area contributed by atoms with Crippen LogP contribution in [-0.2, 0) is 11.2 Å². The number of halogens is 1. The van der Waals surface area contributed by atoms with Gasteiger partial charge in [0.2, 0.25) is 5.95 Å². The van der Waals surface area contributed by atoms with Gasteiger partial charge in [-0.05, 0) is 55.2 Å². The minimum Gasteiger partial charge on any atom is -0.373 e. The minimum absolute atomic E-state index is 0.194. The number of carbonyl (C=O) groups excluding carboxylic acids is 2. The van der Waals surface area contributed by atoms with E-state index in [0.29, 0.717) is 30.3 Å². The van der Waals surface area contributed by atoms with Gasteiger partial charge in [-0.25, -0.2) is 9.97 Å². The zero-order valence-electron chi connectivity index (χ0n) is 21.1. The number of benzene rings is 2. The third-order valence-electron chi connectivity index (χ3n) is 7.83. The number of piperidine rings is 1. The Kier molecular flexibility index (Phi) is 7.10. The first-order valence-corrected chi connectivity index (χ1v) is 13.5. The third kappa shape index (κ3) is 5.04. The van der Waals surface area contributed by atoms with Crippen molar-refractivity contribution in [3.8, 4) is 0 Å². The molecule has 1 aromatic heterocycles. The summed E-state index contributed by atoms with van der Waals surface area (Å²) in [4.78, 5) is 40.9. The van der Waals surface area contributed by atoms with Gasteiger partial charge in [0.05, 0.1) is 30.4 Å². The van der Waals surface area contributed by atoms with Gasteiger partial charge in [-0.15, -0.1) is 0 Å². The van der Waals surface area contributed by atoms with Crippen LogP contribution in [0.2, 0.25) is 5.02 Å². The molecule has 9 heteroatoms. The number of aromatic nitrogens is 2. The Labute approximate surface area is 227 Å². The average molecular weight is 532 g/mol.